The summed E-state index contributed by atoms with van der Waals surface area (Å²) in [6, 6.07) is 5.43. The van der Waals surface area contributed by atoms with Gasteiger partial charge in [0.2, 0.25) is 0 Å². The van der Waals surface area contributed by atoms with Crippen molar-refractivity contribution in [1.29, 1.82) is 0 Å². The first kappa shape index (κ1) is 10.5. The molecule has 1 aliphatic rings. The van der Waals surface area contributed by atoms with Gasteiger partial charge in [-0.3, -0.25) is 0 Å². The number of carboxylic acids is 1. The number of benzene rings is 1. The topological polar surface area (TPSA) is 50.2 Å². The van der Waals surface area contributed by atoms with Crippen LogP contribution in [-0.2, 0) is 6.42 Å². The van der Waals surface area contributed by atoms with E-state index in [1.54, 1.807) is 29.7 Å². The number of rotatable bonds is 2. The fraction of sp³-hybridized carbons (Fsp3) is 0.231. The summed E-state index contributed by atoms with van der Waals surface area (Å²) in [5.41, 5.74) is 2.77. The summed E-state index contributed by atoms with van der Waals surface area (Å²) >= 11 is 1.64. The smallest absolute Gasteiger partial charge is 0.335 e. The first-order valence-corrected chi connectivity index (χ1v) is 6.39. The van der Waals surface area contributed by atoms with Crippen molar-refractivity contribution in [2.24, 2.45) is 0 Å². The van der Waals surface area contributed by atoms with Crippen LogP contribution in [0.15, 0.2) is 29.8 Å². The lowest BCUT2D eigenvalue weighted by Gasteiger charge is -2.08. The second-order valence-electron chi connectivity index (χ2n) is 4.18. The zero-order chi connectivity index (χ0) is 11.8. The van der Waals surface area contributed by atoms with E-state index in [0.29, 0.717) is 5.56 Å². The molecule has 1 aromatic heterocycles. The molecule has 4 heteroatoms. The van der Waals surface area contributed by atoms with Gasteiger partial charge in [0.05, 0.1) is 10.6 Å². The van der Waals surface area contributed by atoms with Crippen LogP contribution < -0.4 is 0 Å². The highest BCUT2D eigenvalue weighted by molar-refractivity contribution is 7.09. The van der Waals surface area contributed by atoms with Crippen molar-refractivity contribution < 1.29 is 9.90 Å². The van der Waals surface area contributed by atoms with E-state index < -0.39 is 5.97 Å². The maximum atomic E-state index is 11.0. The van der Waals surface area contributed by atoms with Crippen LogP contribution in [0, 0.1) is 0 Å². The Bertz CT molecular complexity index is 563. The highest BCUT2D eigenvalue weighted by Crippen LogP contribution is 2.39. The van der Waals surface area contributed by atoms with Gasteiger partial charge < -0.3 is 5.11 Å². The third-order valence-corrected chi connectivity index (χ3v) is 4.11. The zero-order valence-corrected chi connectivity index (χ0v) is 9.91. The number of aromatic nitrogens is 1. The summed E-state index contributed by atoms with van der Waals surface area (Å²) in [4.78, 5) is 15.3. The van der Waals surface area contributed by atoms with Crippen LogP contribution in [-0.4, -0.2) is 16.1 Å². The molecule has 1 unspecified atom stereocenters. The molecule has 0 saturated heterocycles. The van der Waals surface area contributed by atoms with Crippen molar-refractivity contribution in [3.63, 3.8) is 0 Å². The number of carbonyl (C=O) groups is 1. The van der Waals surface area contributed by atoms with Gasteiger partial charge in [-0.25, -0.2) is 9.78 Å². The number of aromatic carboxylic acids is 1. The number of carboxylic acid groups (broad SMARTS) is 1. The minimum absolute atomic E-state index is 0.282. The predicted molar refractivity (Wildman–Crippen MR) is 65.7 cm³/mol. The van der Waals surface area contributed by atoms with E-state index in [-0.39, 0.29) is 5.92 Å². The maximum absolute atomic E-state index is 11.0. The molecule has 1 N–H and O–H groups in total. The van der Waals surface area contributed by atoms with Gasteiger partial charge in [0.25, 0.3) is 0 Å². The van der Waals surface area contributed by atoms with E-state index >= 15 is 0 Å². The molecule has 0 saturated carbocycles. The largest absolute Gasteiger partial charge is 0.478 e. The van der Waals surface area contributed by atoms with Gasteiger partial charge in [-0.15, -0.1) is 11.3 Å². The van der Waals surface area contributed by atoms with Crippen LogP contribution in [0.5, 0.6) is 0 Å². The lowest BCUT2D eigenvalue weighted by Crippen LogP contribution is -2.00. The predicted octanol–water partition coefficient (Wildman–Crippen LogP) is 2.92. The molecule has 0 bridgehead atoms. The Morgan fingerprint density at radius 3 is 3.06 bits per heavy atom. The Hall–Kier alpha value is -1.68. The Kier molecular flexibility index (Phi) is 2.44. The lowest BCUT2D eigenvalue weighted by atomic mass is 10.00. The van der Waals surface area contributed by atoms with E-state index in [1.807, 2.05) is 11.4 Å². The number of hydrogen-bond donors (Lipinski definition) is 1. The van der Waals surface area contributed by atoms with Gasteiger partial charge in [-0.2, -0.15) is 0 Å². The molecule has 86 valence electrons. The van der Waals surface area contributed by atoms with Crippen LogP contribution in [0.3, 0.4) is 0 Å². The normalized spacial score (nSPS) is 18.0. The third-order valence-electron chi connectivity index (χ3n) is 3.22. The Balaban J connectivity index is 2.06. The number of nitrogens with zero attached hydrogens (tertiary/aromatic N) is 1. The molecule has 1 atom stereocenters. The van der Waals surface area contributed by atoms with Crippen molar-refractivity contribution in [3.8, 4) is 0 Å². The number of fused-ring (bicyclic) bond motifs is 1. The summed E-state index contributed by atoms with van der Waals surface area (Å²) in [7, 11) is 0. The molecule has 1 aromatic carbocycles. The second kappa shape index (κ2) is 3.96. The summed E-state index contributed by atoms with van der Waals surface area (Å²) in [5, 5.41) is 12.1. The molecule has 0 spiro atoms. The fourth-order valence-electron chi connectivity index (χ4n) is 2.40. The molecule has 2 aromatic rings. The van der Waals surface area contributed by atoms with Gasteiger partial charge in [0.1, 0.15) is 0 Å². The quantitative estimate of drug-likeness (QED) is 0.885. The standard InChI is InChI=1S/C13H11NO2S/c15-13(16)9-2-1-8-3-4-10(11(8)7-9)12-14-5-6-17-12/h1-2,5-7,10H,3-4H2,(H,15,16). The van der Waals surface area contributed by atoms with E-state index in [0.717, 1.165) is 23.4 Å². The summed E-state index contributed by atoms with van der Waals surface area (Å²) in [6.45, 7) is 0. The number of hydrogen-bond acceptors (Lipinski definition) is 3. The molecule has 1 heterocycles. The van der Waals surface area contributed by atoms with Gasteiger partial charge in [-0.1, -0.05) is 6.07 Å². The van der Waals surface area contributed by atoms with E-state index in [9.17, 15) is 4.79 Å². The lowest BCUT2D eigenvalue weighted by molar-refractivity contribution is 0.0697. The highest BCUT2D eigenvalue weighted by atomic mass is 32.1. The molecule has 0 fully saturated rings. The molecular weight excluding hydrogens is 234 g/mol. The zero-order valence-electron chi connectivity index (χ0n) is 9.09. The van der Waals surface area contributed by atoms with Crippen LogP contribution in [0.1, 0.15) is 38.8 Å². The molecule has 3 rings (SSSR count). The SMILES string of the molecule is O=C(O)c1ccc2c(c1)C(c1nccs1)CC2. The third kappa shape index (κ3) is 1.74. The molecule has 0 amide bonds. The molecule has 1 aliphatic carbocycles. The van der Waals surface area contributed by atoms with Gasteiger partial charge in [0, 0.05) is 17.5 Å². The van der Waals surface area contributed by atoms with Gasteiger partial charge >= 0.3 is 5.97 Å². The number of aryl methyl sites for hydroxylation is 1. The van der Waals surface area contributed by atoms with Crippen LogP contribution in [0.4, 0.5) is 0 Å². The fourth-order valence-corrected chi connectivity index (χ4v) is 3.19. The number of thiazole rings is 1. The Morgan fingerprint density at radius 2 is 2.35 bits per heavy atom. The summed E-state index contributed by atoms with van der Waals surface area (Å²) < 4.78 is 0. The van der Waals surface area contributed by atoms with Crippen LogP contribution >= 0.6 is 11.3 Å². The maximum Gasteiger partial charge on any atom is 0.335 e. The molecule has 3 nitrogen and oxygen atoms in total. The highest BCUT2D eigenvalue weighted by Gasteiger charge is 2.26. The summed E-state index contributed by atoms with van der Waals surface area (Å²) in [5.74, 6) is -0.582. The van der Waals surface area contributed by atoms with E-state index in [1.165, 1.54) is 5.56 Å². The average molecular weight is 245 g/mol. The average Bonchev–Trinajstić information content (AvgIpc) is 2.96. The molecule has 0 radical (unpaired) electrons. The molecule has 17 heavy (non-hydrogen) atoms. The van der Waals surface area contributed by atoms with Crippen LogP contribution in [0.25, 0.3) is 0 Å². The first-order valence-electron chi connectivity index (χ1n) is 5.51. The van der Waals surface area contributed by atoms with Crippen molar-refractivity contribution in [1.82, 2.24) is 4.98 Å². The molecular formula is C13H11NO2S. The molecule has 0 aliphatic heterocycles. The minimum atomic E-state index is -0.863. The van der Waals surface area contributed by atoms with E-state index in [2.05, 4.69) is 4.98 Å². The summed E-state index contributed by atoms with van der Waals surface area (Å²) in [6.07, 6.45) is 3.85. The van der Waals surface area contributed by atoms with Crippen molar-refractivity contribution >= 4 is 17.3 Å². The van der Waals surface area contributed by atoms with Crippen molar-refractivity contribution in [2.45, 2.75) is 18.8 Å². The van der Waals surface area contributed by atoms with Crippen LogP contribution in [0.2, 0.25) is 0 Å². The Labute approximate surface area is 103 Å². The Morgan fingerprint density at radius 1 is 1.47 bits per heavy atom. The minimum Gasteiger partial charge on any atom is -0.478 e. The van der Waals surface area contributed by atoms with E-state index in [4.69, 9.17) is 5.11 Å². The second-order valence-corrected chi connectivity index (χ2v) is 5.11. The van der Waals surface area contributed by atoms with Crippen molar-refractivity contribution in [3.05, 3.63) is 51.5 Å². The monoisotopic (exact) mass is 245 g/mol. The van der Waals surface area contributed by atoms with Crippen molar-refractivity contribution in [2.75, 3.05) is 0 Å². The van der Waals surface area contributed by atoms with Gasteiger partial charge in [0.15, 0.2) is 0 Å². The van der Waals surface area contributed by atoms with Gasteiger partial charge in [-0.05, 0) is 36.1 Å². The first-order chi connectivity index (χ1) is 8.25.